The molecule has 0 aliphatic carbocycles. The van der Waals surface area contributed by atoms with Crippen molar-refractivity contribution in [3.63, 3.8) is 0 Å². The van der Waals surface area contributed by atoms with Gasteiger partial charge in [-0.25, -0.2) is 0 Å². The number of nitrogens with zero attached hydrogens (tertiary/aromatic N) is 3. The van der Waals surface area contributed by atoms with Crippen LogP contribution in [0.5, 0.6) is 0 Å². The van der Waals surface area contributed by atoms with Crippen LogP contribution in [-0.4, -0.2) is 19.9 Å². The van der Waals surface area contributed by atoms with Gasteiger partial charge in [-0.3, -0.25) is 9.67 Å². The second-order valence-corrected chi connectivity index (χ2v) is 5.12. The zero-order chi connectivity index (χ0) is 14.0. The number of aryl methyl sites for hydroxylation is 2. The van der Waals surface area contributed by atoms with E-state index in [9.17, 15) is 5.11 Å². The lowest BCUT2D eigenvalue weighted by atomic mass is 10.1. The standard InChI is InChI=1S/C13H15Cl2N3O/c1-3-9-13(15)11(18(2)17-9)6-12(19)10-5-4-8(14)7-16-10/h4-5,7,12,19H,3,6H2,1-2H3. The number of aliphatic hydroxyl groups is 1. The zero-order valence-electron chi connectivity index (χ0n) is 10.8. The number of pyridine rings is 1. The monoisotopic (exact) mass is 299 g/mol. The van der Waals surface area contributed by atoms with Crippen molar-refractivity contribution in [3.05, 3.63) is 45.5 Å². The first-order valence-electron chi connectivity index (χ1n) is 6.02. The normalized spacial score (nSPS) is 12.7. The zero-order valence-corrected chi connectivity index (χ0v) is 12.3. The third-order valence-electron chi connectivity index (χ3n) is 2.98. The van der Waals surface area contributed by atoms with E-state index >= 15 is 0 Å². The van der Waals surface area contributed by atoms with Gasteiger partial charge in [-0.05, 0) is 18.6 Å². The second-order valence-electron chi connectivity index (χ2n) is 4.31. The fourth-order valence-electron chi connectivity index (χ4n) is 1.91. The first-order valence-corrected chi connectivity index (χ1v) is 6.78. The molecule has 4 nitrogen and oxygen atoms in total. The van der Waals surface area contributed by atoms with Gasteiger partial charge >= 0.3 is 0 Å². The predicted octanol–water partition coefficient (Wildman–Crippen LogP) is 2.96. The van der Waals surface area contributed by atoms with Crippen molar-refractivity contribution in [1.29, 1.82) is 0 Å². The molecule has 1 N–H and O–H groups in total. The summed E-state index contributed by atoms with van der Waals surface area (Å²) in [6, 6.07) is 3.41. The largest absolute Gasteiger partial charge is 0.386 e. The minimum atomic E-state index is -0.727. The molecular weight excluding hydrogens is 285 g/mol. The van der Waals surface area contributed by atoms with Gasteiger partial charge in [0, 0.05) is 19.7 Å². The molecule has 2 aromatic heterocycles. The van der Waals surface area contributed by atoms with Gasteiger partial charge in [0.25, 0.3) is 0 Å². The predicted molar refractivity (Wildman–Crippen MR) is 75.5 cm³/mol. The topological polar surface area (TPSA) is 50.9 Å². The fraction of sp³-hybridized carbons (Fsp3) is 0.385. The van der Waals surface area contributed by atoms with Crippen LogP contribution in [0.4, 0.5) is 0 Å². The molecule has 1 unspecified atom stereocenters. The van der Waals surface area contributed by atoms with E-state index in [0.29, 0.717) is 22.2 Å². The Hall–Kier alpha value is -1.10. The van der Waals surface area contributed by atoms with Crippen molar-refractivity contribution in [2.24, 2.45) is 7.05 Å². The average molecular weight is 300 g/mol. The summed E-state index contributed by atoms with van der Waals surface area (Å²) in [7, 11) is 1.82. The van der Waals surface area contributed by atoms with Crippen LogP contribution in [0, 0.1) is 0 Å². The summed E-state index contributed by atoms with van der Waals surface area (Å²) in [5, 5.41) is 15.7. The highest BCUT2D eigenvalue weighted by molar-refractivity contribution is 6.32. The molecule has 1 atom stereocenters. The van der Waals surface area contributed by atoms with Crippen LogP contribution < -0.4 is 0 Å². The Morgan fingerprint density at radius 3 is 2.63 bits per heavy atom. The van der Waals surface area contributed by atoms with Gasteiger partial charge in [-0.15, -0.1) is 0 Å². The minimum absolute atomic E-state index is 0.372. The Morgan fingerprint density at radius 2 is 2.11 bits per heavy atom. The Balaban J connectivity index is 2.21. The summed E-state index contributed by atoms with van der Waals surface area (Å²) in [4.78, 5) is 4.11. The highest BCUT2D eigenvalue weighted by Crippen LogP contribution is 2.25. The van der Waals surface area contributed by atoms with Gasteiger partial charge in [-0.1, -0.05) is 30.1 Å². The van der Waals surface area contributed by atoms with E-state index in [2.05, 4.69) is 10.1 Å². The van der Waals surface area contributed by atoms with Crippen LogP contribution in [0.25, 0.3) is 0 Å². The van der Waals surface area contributed by atoms with Crippen molar-refractivity contribution in [1.82, 2.24) is 14.8 Å². The van der Waals surface area contributed by atoms with Gasteiger partial charge in [-0.2, -0.15) is 5.10 Å². The Kier molecular flexibility index (Phi) is 4.45. The molecule has 0 aliphatic heterocycles. The van der Waals surface area contributed by atoms with Crippen molar-refractivity contribution in [2.45, 2.75) is 25.9 Å². The van der Waals surface area contributed by atoms with Gasteiger partial charge in [0.1, 0.15) is 6.10 Å². The molecular formula is C13H15Cl2N3O. The molecule has 0 saturated carbocycles. The molecule has 2 aromatic rings. The summed E-state index contributed by atoms with van der Waals surface area (Å²) in [6.45, 7) is 2.00. The summed E-state index contributed by atoms with van der Waals surface area (Å²) in [5.41, 5.74) is 2.22. The van der Waals surface area contributed by atoms with Crippen molar-refractivity contribution >= 4 is 23.2 Å². The maximum absolute atomic E-state index is 10.2. The fourth-order valence-corrected chi connectivity index (χ4v) is 2.40. The smallest absolute Gasteiger partial charge is 0.101 e. The molecule has 6 heteroatoms. The molecule has 2 heterocycles. The molecule has 0 bridgehead atoms. The highest BCUT2D eigenvalue weighted by Gasteiger charge is 2.18. The minimum Gasteiger partial charge on any atom is -0.386 e. The van der Waals surface area contributed by atoms with Crippen LogP contribution in [-0.2, 0) is 19.9 Å². The number of aromatic nitrogens is 3. The summed E-state index contributed by atoms with van der Waals surface area (Å²) in [5.74, 6) is 0. The van der Waals surface area contributed by atoms with Gasteiger partial charge in [0.05, 0.1) is 27.1 Å². The second kappa shape index (κ2) is 5.90. The van der Waals surface area contributed by atoms with E-state index in [1.807, 2.05) is 14.0 Å². The molecule has 0 fully saturated rings. The number of aliphatic hydroxyl groups excluding tert-OH is 1. The highest BCUT2D eigenvalue weighted by atomic mass is 35.5. The van der Waals surface area contributed by atoms with Gasteiger partial charge < -0.3 is 5.11 Å². The Morgan fingerprint density at radius 1 is 1.37 bits per heavy atom. The van der Waals surface area contributed by atoms with Crippen molar-refractivity contribution in [2.75, 3.05) is 0 Å². The van der Waals surface area contributed by atoms with E-state index in [1.165, 1.54) is 6.20 Å². The molecule has 0 amide bonds. The van der Waals surface area contributed by atoms with Crippen LogP contribution in [0.15, 0.2) is 18.3 Å². The molecule has 102 valence electrons. The van der Waals surface area contributed by atoms with Gasteiger partial charge in [0.15, 0.2) is 0 Å². The lowest BCUT2D eigenvalue weighted by Crippen LogP contribution is -2.08. The number of hydrogen-bond donors (Lipinski definition) is 1. The molecule has 2 rings (SSSR count). The molecule has 19 heavy (non-hydrogen) atoms. The third-order valence-corrected chi connectivity index (χ3v) is 3.64. The molecule has 0 saturated heterocycles. The van der Waals surface area contributed by atoms with Crippen LogP contribution in [0.1, 0.15) is 30.1 Å². The summed E-state index contributed by atoms with van der Waals surface area (Å²) < 4.78 is 1.71. The first kappa shape index (κ1) is 14.3. The number of rotatable bonds is 4. The molecule has 0 aromatic carbocycles. The van der Waals surface area contributed by atoms with E-state index in [1.54, 1.807) is 16.8 Å². The Bertz CT molecular complexity index is 566. The quantitative estimate of drug-likeness (QED) is 0.944. The Labute approximate surface area is 122 Å². The van der Waals surface area contributed by atoms with E-state index in [4.69, 9.17) is 23.2 Å². The van der Waals surface area contributed by atoms with Crippen LogP contribution in [0.3, 0.4) is 0 Å². The van der Waals surface area contributed by atoms with E-state index < -0.39 is 6.10 Å². The maximum atomic E-state index is 10.2. The molecule has 0 radical (unpaired) electrons. The maximum Gasteiger partial charge on any atom is 0.101 e. The molecule has 0 spiro atoms. The van der Waals surface area contributed by atoms with Crippen LogP contribution >= 0.6 is 23.2 Å². The lowest BCUT2D eigenvalue weighted by Gasteiger charge is -2.10. The van der Waals surface area contributed by atoms with E-state index in [-0.39, 0.29) is 0 Å². The average Bonchev–Trinajstić information content (AvgIpc) is 2.67. The van der Waals surface area contributed by atoms with E-state index in [0.717, 1.165) is 17.8 Å². The number of halogens is 2. The van der Waals surface area contributed by atoms with Crippen molar-refractivity contribution in [3.8, 4) is 0 Å². The summed E-state index contributed by atoms with van der Waals surface area (Å²) >= 11 is 12.0. The summed E-state index contributed by atoms with van der Waals surface area (Å²) in [6.07, 6.45) is 1.93. The first-order chi connectivity index (χ1) is 9.02. The van der Waals surface area contributed by atoms with Crippen LogP contribution in [0.2, 0.25) is 10.0 Å². The van der Waals surface area contributed by atoms with Crippen molar-refractivity contribution < 1.29 is 5.11 Å². The van der Waals surface area contributed by atoms with Gasteiger partial charge in [0.2, 0.25) is 0 Å². The SMILES string of the molecule is CCc1nn(C)c(CC(O)c2ccc(Cl)cn2)c1Cl. The lowest BCUT2D eigenvalue weighted by molar-refractivity contribution is 0.171. The third kappa shape index (κ3) is 3.08. The molecule has 0 aliphatic rings. The number of hydrogen-bond acceptors (Lipinski definition) is 3.